The van der Waals surface area contributed by atoms with E-state index in [9.17, 15) is 18.0 Å². The van der Waals surface area contributed by atoms with Gasteiger partial charge in [-0.2, -0.15) is 13.2 Å². The summed E-state index contributed by atoms with van der Waals surface area (Å²) in [6.07, 6.45) is -4.35. The Morgan fingerprint density at radius 1 is 1.43 bits per heavy atom. The van der Waals surface area contributed by atoms with Gasteiger partial charge < -0.3 is 10.1 Å². The molecule has 1 atom stereocenters. The van der Waals surface area contributed by atoms with Crippen molar-refractivity contribution in [1.29, 1.82) is 0 Å². The average molecular weight is 326 g/mol. The van der Waals surface area contributed by atoms with Crippen LogP contribution in [0.5, 0.6) is 0 Å². The smallest absolute Gasteiger partial charge is 0.451 e. The molecule has 1 aromatic rings. The molecule has 1 unspecified atom stereocenters. The number of anilines is 1. The van der Waals surface area contributed by atoms with Gasteiger partial charge in [0.25, 0.3) is 0 Å². The molecule has 0 aromatic carbocycles. The van der Waals surface area contributed by atoms with E-state index in [4.69, 9.17) is 11.6 Å². The highest BCUT2D eigenvalue weighted by Crippen LogP contribution is 2.28. The number of hydrogen-bond donors (Lipinski definition) is 1. The Bertz CT molecular complexity index is 509. The molecular weight excluding hydrogens is 311 g/mol. The van der Waals surface area contributed by atoms with Crippen LogP contribution in [0.4, 0.5) is 19.0 Å². The first kappa shape index (κ1) is 17.5. The summed E-state index contributed by atoms with van der Waals surface area (Å²) in [6.45, 7) is 3.73. The predicted octanol–water partition coefficient (Wildman–Crippen LogP) is 3.15. The highest BCUT2D eigenvalue weighted by molar-refractivity contribution is 6.29. The van der Waals surface area contributed by atoms with E-state index >= 15 is 0 Å². The Kier molecular flexibility index (Phi) is 5.77. The van der Waals surface area contributed by atoms with E-state index in [1.165, 1.54) is 7.11 Å². The van der Waals surface area contributed by atoms with E-state index in [0.29, 0.717) is 6.42 Å². The molecule has 0 saturated carbocycles. The van der Waals surface area contributed by atoms with Gasteiger partial charge in [-0.05, 0) is 12.3 Å². The molecule has 0 aliphatic carbocycles. The number of rotatable bonds is 5. The molecule has 1 aromatic heterocycles. The number of carbonyl (C=O) groups is 1. The largest absolute Gasteiger partial charge is 0.467 e. The number of nitrogens with zero attached hydrogens (tertiary/aromatic N) is 2. The molecule has 1 N–H and O–H groups in total. The Morgan fingerprint density at radius 2 is 2.05 bits per heavy atom. The van der Waals surface area contributed by atoms with E-state index < -0.39 is 24.0 Å². The van der Waals surface area contributed by atoms with Gasteiger partial charge in [-0.1, -0.05) is 25.4 Å². The first-order valence-electron chi connectivity index (χ1n) is 6.09. The first-order chi connectivity index (χ1) is 9.63. The molecule has 21 heavy (non-hydrogen) atoms. The van der Waals surface area contributed by atoms with Gasteiger partial charge in [0.05, 0.1) is 7.11 Å². The second kappa shape index (κ2) is 6.93. The summed E-state index contributed by atoms with van der Waals surface area (Å²) < 4.78 is 42.5. The minimum absolute atomic E-state index is 0.126. The highest BCUT2D eigenvalue weighted by atomic mass is 35.5. The summed E-state index contributed by atoms with van der Waals surface area (Å²) >= 11 is 5.55. The quantitative estimate of drug-likeness (QED) is 0.665. The van der Waals surface area contributed by atoms with Crippen LogP contribution in [-0.2, 0) is 15.7 Å². The topological polar surface area (TPSA) is 64.1 Å². The molecule has 0 spiro atoms. The average Bonchev–Trinajstić information content (AvgIpc) is 2.34. The molecule has 0 radical (unpaired) electrons. The van der Waals surface area contributed by atoms with E-state index in [1.54, 1.807) is 0 Å². The van der Waals surface area contributed by atoms with Crippen molar-refractivity contribution < 1.29 is 22.7 Å². The van der Waals surface area contributed by atoms with Gasteiger partial charge in [-0.3, -0.25) is 0 Å². The van der Waals surface area contributed by atoms with Crippen molar-refractivity contribution in [2.75, 3.05) is 12.4 Å². The summed E-state index contributed by atoms with van der Waals surface area (Å²) in [7, 11) is 1.20. The van der Waals surface area contributed by atoms with Crippen molar-refractivity contribution in [2.24, 2.45) is 5.92 Å². The molecule has 1 rings (SSSR count). The standard InChI is InChI=1S/C12H15ClF3N3O2/c1-6(2)4-7(10(20)21-3)17-9-5-8(13)18-11(19-9)12(14,15)16/h5-7H,4H2,1-3H3,(H,17,18,19). The van der Waals surface area contributed by atoms with Crippen molar-refractivity contribution in [3.05, 3.63) is 17.0 Å². The number of nitrogens with one attached hydrogen (secondary N) is 1. The predicted molar refractivity (Wildman–Crippen MR) is 70.9 cm³/mol. The summed E-state index contributed by atoms with van der Waals surface area (Å²) in [5.74, 6) is -2.02. The summed E-state index contributed by atoms with van der Waals surface area (Å²) in [6, 6.07) is 0.301. The zero-order valence-electron chi connectivity index (χ0n) is 11.7. The van der Waals surface area contributed by atoms with E-state index in [1.807, 2.05) is 13.8 Å². The highest BCUT2D eigenvalue weighted by Gasteiger charge is 2.35. The van der Waals surface area contributed by atoms with Gasteiger partial charge in [0, 0.05) is 6.07 Å². The maximum Gasteiger partial charge on any atom is 0.451 e. The zero-order valence-corrected chi connectivity index (χ0v) is 12.4. The Morgan fingerprint density at radius 3 is 2.52 bits per heavy atom. The summed E-state index contributed by atoms with van der Waals surface area (Å²) in [4.78, 5) is 18.1. The number of ether oxygens (including phenoxy) is 1. The normalized spacial score (nSPS) is 13.1. The minimum Gasteiger partial charge on any atom is -0.467 e. The zero-order chi connectivity index (χ0) is 16.2. The lowest BCUT2D eigenvalue weighted by atomic mass is 10.0. The van der Waals surface area contributed by atoms with Crippen LogP contribution in [0.1, 0.15) is 26.1 Å². The van der Waals surface area contributed by atoms with Crippen LogP contribution in [0.3, 0.4) is 0 Å². The lowest BCUT2D eigenvalue weighted by Gasteiger charge is -2.19. The van der Waals surface area contributed by atoms with Gasteiger partial charge in [0.15, 0.2) is 0 Å². The fraction of sp³-hybridized carbons (Fsp3) is 0.583. The summed E-state index contributed by atoms with van der Waals surface area (Å²) in [5, 5.41) is 2.24. The van der Waals surface area contributed by atoms with Crippen LogP contribution >= 0.6 is 11.6 Å². The van der Waals surface area contributed by atoms with E-state index in [-0.39, 0.29) is 16.9 Å². The maximum atomic E-state index is 12.6. The molecule has 0 aliphatic heterocycles. The van der Waals surface area contributed by atoms with Gasteiger partial charge in [0.1, 0.15) is 17.0 Å². The molecule has 0 amide bonds. The van der Waals surface area contributed by atoms with Crippen molar-refractivity contribution in [1.82, 2.24) is 9.97 Å². The van der Waals surface area contributed by atoms with Gasteiger partial charge >= 0.3 is 12.1 Å². The van der Waals surface area contributed by atoms with Crippen LogP contribution in [0.15, 0.2) is 6.07 Å². The number of carbonyl (C=O) groups excluding carboxylic acids is 1. The minimum atomic E-state index is -4.72. The van der Waals surface area contributed by atoms with Crippen molar-refractivity contribution >= 4 is 23.4 Å². The number of methoxy groups -OCH3 is 1. The van der Waals surface area contributed by atoms with E-state index in [2.05, 4.69) is 20.0 Å². The monoisotopic (exact) mass is 325 g/mol. The van der Waals surface area contributed by atoms with Crippen molar-refractivity contribution in [2.45, 2.75) is 32.5 Å². The molecule has 5 nitrogen and oxygen atoms in total. The molecule has 0 fully saturated rings. The molecular formula is C12H15ClF3N3O2. The van der Waals surface area contributed by atoms with Crippen molar-refractivity contribution in [3.63, 3.8) is 0 Å². The molecule has 9 heteroatoms. The second-order valence-corrected chi connectivity index (χ2v) is 5.13. The van der Waals surface area contributed by atoms with E-state index in [0.717, 1.165) is 6.07 Å². The summed E-state index contributed by atoms with van der Waals surface area (Å²) in [5.41, 5.74) is 0. The number of alkyl halides is 3. The number of esters is 1. The fourth-order valence-corrected chi connectivity index (χ4v) is 1.81. The number of halogens is 4. The molecule has 0 aliphatic rings. The van der Waals surface area contributed by atoms with Crippen LogP contribution in [0.2, 0.25) is 5.15 Å². The van der Waals surface area contributed by atoms with Crippen LogP contribution in [-0.4, -0.2) is 29.1 Å². The molecule has 0 bridgehead atoms. The lowest BCUT2D eigenvalue weighted by Crippen LogP contribution is -2.32. The van der Waals surface area contributed by atoms with Gasteiger partial charge in [-0.15, -0.1) is 0 Å². The Hall–Kier alpha value is -1.57. The van der Waals surface area contributed by atoms with Crippen LogP contribution in [0, 0.1) is 5.92 Å². The van der Waals surface area contributed by atoms with Crippen LogP contribution < -0.4 is 5.32 Å². The van der Waals surface area contributed by atoms with Crippen molar-refractivity contribution in [3.8, 4) is 0 Å². The third kappa shape index (κ3) is 5.37. The third-order valence-corrected chi connectivity index (χ3v) is 2.66. The van der Waals surface area contributed by atoms with Gasteiger partial charge in [-0.25, -0.2) is 14.8 Å². The number of hydrogen-bond acceptors (Lipinski definition) is 5. The number of aromatic nitrogens is 2. The first-order valence-corrected chi connectivity index (χ1v) is 6.47. The third-order valence-electron chi connectivity index (χ3n) is 2.46. The SMILES string of the molecule is COC(=O)C(CC(C)C)Nc1cc(Cl)nc(C(F)(F)F)n1. The molecule has 118 valence electrons. The van der Waals surface area contributed by atoms with Gasteiger partial charge in [0.2, 0.25) is 5.82 Å². The van der Waals surface area contributed by atoms with Crippen LogP contribution in [0.25, 0.3) is 0 Å². The second-order valence-electron chi connectivity index (χ2n) is 4.75. The molecule has 0 saturated heterocycles. The molecule has 1 heterocycles. The maximum absolute atomic E-state index is 12.6. The Balaban J connectivity index is 3.03. The fourth-order valence-electron chi connectivity index (χ4n) is 1.62. The Labute approximate surface area is 124 Å². The lowest BCUT2D eigenvalue weighted by molar-refractivity contribution is -0.144.